The molecule has 1 heterocycles. The first kappa shape index (κ1) is 11.0. The molecule has 14 heavy (non-hydrogen) atoms. The van der Waals surface area contributed by atoms with Crippen LogP contribution in [-0.4, -0.2) is 37.5 Å². The van der Waals surface area contributed by atoms with E-state index in [0.29, 0.717) is 26.1 Å². The Morgan fingerprint density at radius 2 is 2.21 bits per heavy atom. The van der Waals surface area contributed by atoms with Gasteiger partial charge in [-0.2, -0.15) is 5.26 Å². The van der Waals surface area contributed by atoms with Gasteiger partial charge in [-0.3, -0.25) is 0 Å². The first-order chi connectivity index (χ1) is 6.68. The van der Waals surface area contributed by atoms with Crippen molar-refractivity contribution >= 4 is 5.97 Å². The van der Waals surface area contributed by atoms with Crippen molar-refractivity contribution in [2.75, 3.05) is 26.4 Å². The monoisotopic (exact) mass is 199 g/mol. The zero-order valence-corrected chi connectivity index (χ0v) is 7.86. The highest BCUT2D eigenvalue weighted by atomic mass is 16.5. The van der Waals surface area contributed by atoms with Crippen LogP contribution >= 0.6 is 0 Å². The summed E-state index contributed by atoms with van der Waals surface area (Å²) in [6.07, 6.45) is 1.23. The fraction of sp³-hybridized carbons (Fsp3) is 0.778. The Morgan fingerprint density at radius 1 is 1.57 bits per heavy atom. The fourth-order valence-electron chi connectivity index (χ4n) is 1.38. The van der Waals surface area contributed by atoms with Crippen molar-refractivity contribution in [1.29, 1.82) is 5.26 Å². The zero-order valence-electron chi connectivity index (χ0n) is 7.86. The van der Waals surface area contributed by atoms with Crippen molar-refractivity contribution in [3.05, 3.63) is 0 Å². The minimum absolute atomic E-state index is 0.180. The molecule has 1 aliphatic rings. The number of carboxylic acids is 1. The normalized spacial score (nSPS) is 19.9. The number of carbonyl (C=O) groups is 1. The first-order valence-corrected chi connectivity index (χ1v) is 4.47. The van der Waals surface area contributed by atoms with Gasteiger partial charge in [0.25, 0.3) is 0 Å². The van der Waals surface area contributed by atoms with Crippen LogP contribution in [0.5, 0.6) is 0 Å². The molecule has 1 N–H and O–H groups in total. The van der Waals surface area contributed by atoms with E-state index in [1.54, 1.807) is 0 Å². The predicted octanol–water partition coefficient (Wildman–Crippen LogP) is 0.408. The summed E-state index contributed by atoms with van der Waals surface area (Å²) in [5.41, 5.74) is -0.548. The smallest absolute Gasteiger partial charge is 0.329 e. The summed E-state index contributed by atoms with van der Waals surface area (Å²) in [6, 6.07) is 2.19. The molecule has 78 valence electrons. The van der Waals surface area contributed by atoms with Gasteiger partial charge in [0, 0.05) is 13.2 Å². The van der Waals surface area contributed by atoms with Crippen molar-refractivity contribution < 1.29 is 19.4 Å². The molecule has 1 aliphatic heterocycles. The van der Waals surface area contributed by atoms with Crippen LogP contribution in [0.1, 0.15) is 12.8 Å². The largest absolute Gasteiger partial charge is 0.480 e. The van der Waals surface area contributed by atoms with E-state index in [1.165, 1.54) is 0 Å². The Balaban J connectivity index is 2.37. The lowest BCUT2D eigenvalue weighted by molar-refractivity contribution is -0.143. The molecule has 0 radical (unpaired) electrons. The molecule has 1 rings (SSSR count). The van der Waals surface area contributed by atoms with Crippen LogP contribution in [0.2, 0.25) is 0 Å². The van der Waals surface area contributed by atoms with E-state index in [0.717, 1.165) is 0 Å². The maximum atomic E-state index is 10.2. The second-order valence-electron chi connectivity index (χ2n) is 3.39. The maximum Gasteiger partial charge on any atom is 0.329 e. The van der Waals surface area contributed by atoms with Gasteiger partial charge >= 0.3 is 5.97 Å². The Morgan fingerprint density at radius 3 is 2.71 bits per heavy atom. The number of aliphatic carboxylic acids is 1. The van der Waals surface area contributed by atoms with E-state index in [-0.39, 0.29) is 13.2 Å². The van der Waals surface area contributed by atoms with Crippen LogP contribution in [0.4, 0.5) is 0 Å². The van der Waals surface area contributed by atoms with Crippen LogP contribution in [0.25, 0.3) is 0 Å². The predicted molar refractivity (Wildman–Crippen MR) is 46.6 cm³/mol. The van der Waals surface area contributed by atoms with Gasteiger partial charge < -0.3 is 14.6 Å². The topological polar surface area (TPSA) is 79.5 Å². The molecule has 0 spiro atoms. The van der Waals surface area contributed by atoms with Crippen molar-refractivity contribution in [3.63, 3.8) is 0 Å². The Bertz CT molecular complexity index is 240. The van der Waals surface area contributed by atoms with Crippen LogP contribution in [0.3, 0.4) is 0 Å². The third-order valence-electron chi connectivity index (χ3n) is 2.29. The molecule has 0 aromatic carbocycles. The van der Waals surface area contributed by atoms with Crippen LogP contribution < -0.4 is 0 Å². The molecule has 0 amide bonds. The fourth-order valence-corrected chi connectivity index (χ4v) is 1.38. The summed E-state index contributed by atoms with van der Waals surface area (Å²) < 4.78 is 10.1. The van der Waals surface area contributed by atoms with Gasteiger partial charge in [0.15, 0.2) is 0 Å². The molecular weight excluding hydrogens is 186 g/mol. The summed E-state index contributed by atoms with van der Waals surface area (Å²) in [5.74, 6) is -1.01. The lowest BCUT2D eigenvalue weighted by Crippen LogP contribution is -2.33. The van der Waals surface area contributed by atoms with Crippen molar-refractivity contribution in [3.8, 4) is 6.07 Å². The summed E-state index contributed by atoms with van der Waals surface area (Å²) in [5, 5.41) is 17.3. The SMILES string of the molecule is N#CC1(COCC(=O)O)CCOCC1. The Kier molecular flexibility index (Phi) is 3.86. The second kappa shape index (κ2) is 4.94. The molecule has 0 aromatic heterocycles. The molecule has 0 atom stereocenters. The summed E-state index contributed by atoms with van der Waals surface area (Å²) in [4.78, 5) is 10.2. The van der Waals surface area contributed by atoms with Gasteiger partial charge in [0.2, 0.25) is 0 Å². The molecule has 0 saturated carbocycles. The van der Waals surface area contributed by atoms with E-state index in [1.807, 2.05) is 0 Å². The average Bonchev–Trinajstić information content (AvgIpc) is 2.19. The molecule has 0 aromatic rings. The highest BCUT2D eigenvalue weighted by Crippen LogP contribution is 2.29. The van der Waals surface area contributed by atoms with E-state index in [9.17, 15) is 4.79 Å². The summed E-state index contributed by atoms with van der Waals surface area (Å²) in [6.45, 7) is 0.928. The average molecular weight is 199 g/mol. The number of nitriles is 1. The number of hydrogen-bond donors (Lipinski definition) is 1. The minimum atomic E-state index is -1.01. The van der Waals surface area contributed by atoms with E-state index < -0.39 is 11.4 Å². The lowest BCUT2D eigenvalue weighted by Gasteiger charge is -2.29. The molecule has 1 fully saturated rings. The highest BCUT2D eigenvalue weighted by Gasteiger charge is 2.33. The van der Waals surface area contributed by atoms with Crippen LogP contribution in [0, 0.1) is 16.7 Å². The van der Waals surface area contributed by atoms with Gasteiger partial charge in [-0.15, -0.1) is 0 Å². The van der Waals surface area contributed by atoms with Gasteiger partial charge in [-0.05, 0) is 12.8 Å². The Hall–Kier alpha value is -1.12. The number of rotatable bonds is 4. The Labute approximate surface area is 82.2 Å². The van der Waals surface area contributed by atoms with E-state index in [4.69, 9.17) is 19.8 Å². The minimum Gasteiger partial charge on any atom is -0.480 e. The summed E-state index contributed by atoms with van der Waals surface area (Å²) >= 11 is 0. The maximum absolute atomic E-state index is 10.2. The second-order valence-corrected chi connectivity index (χ2v) is 3.39. The number of carboxylic acid groups (broad SMARTS) is 1. The van der Waals surface area contributed by atoms with Crippen molar-refractivity contribution in [2.24, 2.45) is 5.41 Å². The number of ether oxygens (including phenoxy) is 2. The molecule has 1 saturated heterocycles. The number of nitrogens with zero attached hydrogens (tertiary/aromatic N) is 1. The molecule has 0 aliphatic carbocycles. The van der Waals surface area contributed by atoms with Crippen molar-refractivity contribution in [1.82, 2.24) is 0 Å². The van der Waals surface area contributed by atoms with E-state index >= 15 is 0 Å². The first-order valence-electron chi connectivity index (χ1n) is 4.47. The van der Waals surface area contributed by atoms with Crippen LogP contribution in [0.15, 0.2) is 0 Å². The summed E-state index contributed by atoms with van der Waals surface area (Å²) in [7, 11) is 0. The van der Waals surface area contributed by atoms with Gasteiger partial charge in [0.1, 0.15) is 6.61 Å². The molecule has 5 nitrogen and oxygen atoms in total. The van der Waals surface area contributed by atoms with Crippen LogP contribution in [-0.2, 0) is 14.3 Å². The molecule has 0 bridgehead atoms. The van der Waals surface area contributed by atoms with Gasteiger partial charge in [-0.25, -0.2) is 4.79 Å². The van der Waals surface area contributed by atoms with E-state index in [2.05, 4.69) is 6.07 Å². The third kappa shape index (κ3) is 2.98. The molecular formula is C9H13NO4. The number of hydrogen-bond acceptors (Lipinski definition) is 4. The van der Waals surface area contributed by atoms with Gasteiger partial charge in [0.05, 0.1) is 18.1 Å². The zero-order chi connectivity index (χ0) is 10.4. The molecule has 0 unspecified atom stereocenters. The van der Waals surface area contributed by atoms with Crippen molar-refractivity contribution in [2.45, 2.75) is 12.8 Å². The third-order valence-corrected chi connectivity index (χ3v) is 2.29. The van der Waals surface area contributed by atoms with Gasteiger partial charge in [-0.1, -0.05) is 0 Å². The quantitative estimate of drug-likeness (QED) is 0.709. The highest BCUT2D eigenvalue weighted by molar-refractivity contribution is 5.67. The standard InChI is InChI=1S/C9H13NO4/c10-6-9(1-3-13-4-2-9)7-14-5-8(11)12/h1-5,7H2,(H,11,12). The lowest BCUT2D eigenvalue weighted by atomic mass is 9.83. The molecule has 5 heteroatoms.